The molecule has 102 valence electrons. The fourth-order valence-corrected chi connectivity index (χ4v) is 2.39. The van der Waals surface area contributed by atoms with Gasteiger partial charge in [0, 0.05) is 6.54 Å². The Kier molecular flexibility index (Phi) is 3.29. The van der Waals surface area contributed by atoms with Crippen molar-refractivity contribution in [2.45, 2.75) is 12.6 Å². The van der Waals surface area contributed by atoms with Gasteiger partial charge < -0.3 is 14.7 Å². The Bertz CT molecular complexity index is 612. The van der Waals surface area contributed by atoms with E-state index in [0.29, 0.717) is 18.8 Å². The highest BCUT2D eigenvalue weighted by Gasteiger charge is 2.30. The Hall–Kier alpha value is -2.49. The molecule has 2 aromatic rings. The van der Waals surface area contributed by atoms with E-state index in [1.807, 2.05) is 59.5 Å². The number of aliphatic carboxylic acids is 1. The molecule has 0 spiro atoms. The summed E-state index contributed by atoms with van der Waals surface area (Å²) >= 11 is 0. The Labute approximate surface area is 117 Å². The summed E-state index contributed by atoms with van der Waals surface area (Å²) in [5.74, 6) is -0.306. The van der Waals surface area contributed by atoms with Gasteiger partial charge >= 0.3 is 5.97 Å². The van der Waals surface area contributed by atoms with Crippen LogP contribution < -0.4 is 9.64 Å². The molecular formula is C16H15NO3. The predicted octanol–water partition coefficient (Wildman–Crippen LogP) is 2.54. The molecule has 0 aliphatic carbocycles. The van der Waals surface area contributed by atoms with E-state index in [-0.39, 0.29) is 0 Å². The molecule has 3 rings (SSSR count). The number of benzene rings is 2. The number of carbonyl (C=O) groups is 1. The normalized spacial score (nSPS) is 17.2. The van der Waals surface area contributed by atoms with Gasteiger partial charge in [0.25, 0.3) is 0 Å². The van der Waals surface area contributed by atoms with Crippen molar-refractivity contribution in [2.75, 3.05) is 11.4 Å². The molecule has 0 aromatic heterocycles. The number of para-hydroxylation sites is 2. The van der Waals surface area contributed by atoms with E-state index in [9.17, 15) is 9.90 Å². The van der Waals surface area contributed by atoms with Crippen LogP contribution in [0.4, 0.5) is 5.69 Å². The maximum absolute atomic E-state index is 11.2. The summed E-state index contributed by atoms with van der Waals surface area (Å²) in [6, 6.07) is 17.6. The summed E-state index contributed by atoms with van der Waals surface area (Å²) in [6.07, 6.45) is -0.825. The van der Waals surface area contributed by atoms with Crippen molar-refractivity contribution in [2.24, 2.45) is 0 Å². The molecular weight excluding hydrogens is 254 g/mol. The van der Waals surface area contributed by atoms with Gasteiger partial charge in [-0.25, -0.2) is 4.79 Å². The Morgan fingerprint density at radius 3 is 2.60 bits per heavy atom. The van der Waals surface area contributed by atoms with Gasteiger partial charge in [-0.15, -0.1) is 0 Å². The van der Waals surface area contributed by atoms with Crippen LogP contribution in [-0.4, -0.2) is 23.7 Å². The number of hydrogen-bond donors (Lipinski definition) is 1. The predicted molar refractivity (Wildman–Crippen MR) is 76.0 cm³/mol. The van der Waals surface area contributed by atoms with Crippen LogP contribution in [-0.2, 0) is 11.3 Å². The zero-order valence-electron chi connectivity index (χ0n) is 10.9. The molecule has 0 saturated carbocycles. The van der Waals surface area contributed by atoms with Crippen molar-refractivity contribution in [3.63, 3.8) is 0 Å². The molecule has 0 unspecified atom stereocenters. The Morgan fingerprint density at radius 2 is 1.85 bits per heavy atom. The number of hydrogen-bond acceptors (Lipinski definition) is 3. The van der Waals surface area contributed by atoms with E-state index in [4.69, 9.17) is 4.74 Å². The lowest BCUT2D eigenvalue weighted by Gasteiger charge is -2.34. The minimum absolute atomic E-state index is 0.348. The summed E-state index contributed by atoms with van der Waals surface area (Å²) in [7, 11) is 0. The van der Waals surface area contributed by atoms with E-state index >= 15 is 0 Å². The van der Waals surface area contributed by atoms with E-state index in [1.165, 1.54) is 0 Å². The molecule has 0 radical (unpaired) electrons. The average Bonchev–Trinajstić information content (AvgIpc) is 2.48. The zero-order chi connectivity index (χ0) is 13.9. The maximum Gasteiger partial charge on any atom is 0.346 e. The highest BCUT2D eigenvalue weighted by molar-refractivity contribution is 5.76. The summed E-state index contributed by atoms with van der Waals surface area (Å²) in [4.78, 5) is 13.3. The molecule has 2 aromatic carbocycles. The van der Waals surface area contributed by atoms with Gasteiger partial charge in [-0.2, -0.15) is 0 Å². The summed E-state index contributed by atoms with van der Waals surface area (Å²) in [6.45, 7) is 1.02. The second kappa shape index (κ2) is 5.25. The third-order valence-corrected chi connectivity index (χ3v) is 3.35. The number of fused-ring (bicyclic) bond motifs is 1. The molecule has 0 saturated heterocycles. The Morgan fingerprint density at radius 1 is 1.15 bits per heavy atom. The first kappa shape index (κ1) is 12.5. The molecule has 0 fully saturated rings. The first-order valence-corrected chi connectivity index (χ1v) is 6.51. The Balaban J connectivity index is 1.91. The van der Waals surface area contributed by atoms with Crippen LogP contribution in [0.3, 0.4) is 0 Å². The van der Waals surface area contributed by atoms with E-state index in [0.717, 1.165) is 11.3 Å². The third kappa shape index (κ3) is 2.45. The average molecular weight is 269 g/mol. The lowest BCUT2D eigenvalue weighted by atomic mass is 10.1. The van der Waals surface area contributed by atoms with Gasteiger partial charge in [-0.1, -0.05) is 42.5 Å². The van der Waals surface area contributed by atoms with Crippen molar-refractivity contribution in [3.05, 3.63) is 60.2 Å². The fourth-order valence-electron chi connectivity index (χ4n) is 2.39. The van der Waals surface area contributed by atoms with E-state index in [2.05, 4.69) is 0 Å². The molecule has 1 aliphatic rings. The summed E-state index contributed by atoms with van der Waals surface area (Å²) in [5.41, 5.74) is 2.09. The van der Waals surface area contributed by atoms with E-state index in [1.54, 1.807) is 0 Å². The third-order valence-electron chi connectivity index (χ3n) is 3.35. The standard InChI is InChI=1S/C16H15NO3/c18-16(19)15-11-17(10-12-6-2-1-3-7-12)13-8-4-5-9-14(13)20-15/h1-9,15H,10-11H2,(H,18,19)/t15-/m1/s1. The molecule has 1 atom stereocenters. The molecule has 0 bridgehead atoms. The van der Waals surface area contributed by atoms with Gasteiger partial charge in [-0.05, 0) is 17.7 Å². The van der Waals surface area contributed by atoms with Crippen LogP contribution in [0.1, 0.15) is 5.56 Å². The van der Waals surface area contributed by atoms with Crippen molar-refractivity contribution in [1.29, 1.82) is 0 Å². The number of nitrogens with zero attached hydrogens (tertiary/aromatic N) is 1. The van der Waals surface area contributed by atoms with Gasteiger partial charge in [0.1, 0.15) is 5.75 Å². The lowest BCUT2D eigenvalue weighted by molar-refractivity contribution is -0.144. The van der Waals surface area contributed by atoms with E-state index < -0.39 is 12.1 Å². The largest absolute Gasteiger partial charge is 0.478 e. The van der Waals surface area contributed by atoms with Crippen LogP contribution in [0.25, 0.3) is 0 Å². The van der Waals surface area contributed by atoms with Crippen LogP contribution in [0, 0.1) is 0 Å². The number of ether oxygens (including phenoxy) is 1. The minimum atomic E-state index is -0.933. The molecule has 1 heterocycles. The van der Waals surface area contributed by atoms with Crippen LogP contribution in [0.2, 0.25) is 0 Å². The van der Waals surface area contributed by atoms with Crippen molar-refractivity contribution in [1.82, 2.24) is 0 Å². The lowest BCUT2D eigenvalue weighted by Crippen LogP contribution is -2.44. The van der Waals surface area contributed by atoms with Crippen molar-refractivity contribution >= 4 is 11.7 Å². The van der Waals surface area contributed by atoms with Crippen LogP contribution >= 0.6 is 0 Å². The molecule has 0 amide bonds. The quantitative estimate of drug-likeness (QED) is 0.930. The molecule has 1 aliphatic heterocycles. The molecule has 1 N–H and O–H groups in total. The monoisotopic (exact) mass is 269 g/mol. The van der Waals surface area contributed by atoms with Gasteiger partial charge in [0.2, 0.25) is 6.10 Å². The first-order chi connectivity index (χ1) is 9.74. The topological polar surface area (TPSA) is 49.8 Å². The number of carboxylic acids is 1. The number of rotatable bonds is 3. The van der Waals surface area contributed by atoms with Gasteiger partial charge in [-0.3, -0.25) is 0 Å². The fraction of sp³-hybridized carbons (Fsp3) is 0.188. The van der Waals surface area contributed by atoms with Crippen LogP contribution in [0.15, 0.2) is 54.6 Å². The number of carboxylic acid groups (broad SMARTS) is 1. The van der Waals surface area contributed by atoms with Gasteiger partial charge in [0.15, 0.2) is 0 Å². The molecule has 4 nitrogen and oxygen atoms in total. The zero-order valence-corrected chi connectivity index (χ0v) is 10.9. The SMILES string of the molecule is O=C(O)[C@H]1CN(Cc2ccccc2)c2ccccc2O1. The van der Waals surface area contributed by atoms with Crippen molar-refractivity contribution < 1.29 is 14.6 Å². The smallest absolute Gasteiger partial charge is 0.346 e. The highest BCUT2D eigenvalue weighted by Crippen LogP contribution is 2.34. The minimum Gasteiger partial charge on any atom is -0.478 e. The maximum atomic E-state index is 11.2. The first-order valence-electron chi connectivity index (χ1n) is 6.51. The number of anilines is 1. The second-order valence-corrected chi connectivity index (χ2v) is 4.78. The summed E-state index contributed by atoms with van der Waals surface area (Å²) in [5, 5.41) is 9.20. The van der Waals surface area contributed by atoms with Gasteiger partial charge in [0.05, 0.1) is 12.2 Å². The molecule has 20 heavy (non-hydrogen) atoms. The molecule has 4 heteroatoms. The highest BCUT2D eigenvalue weighted by atomic mass is 16.5. The summed E-state index contributed by atoms with van der Waals surface area (Å²) < 4.78 is 5.52. The van der Waals surface area contributed by atoms with Crippen molar-refractivity contribution in [3.8, 4) is 5.75 Å². The van der Waals surface area contributed by atoms with Crippen LogP contribution in [0.5, 0.6) is 5.75 Å². The second-order valence-electron chi connectivity index (χ2n) is 4.78.